The van der Waals surface area contributed by atoms with Gasteiger partial charge in [0.1, 0.15) is 22.2 Å². The van der Waals surface area contributed by atoms with Crippen LogP contribution in [0.25, 0.3) is 212 Å². The zero-order valence-corrected chi connectivity index (χ0v) is 60.2. The molecular weight excluding hydrogens is 1370 g/mol. The Morgan fingerprint density at radius 2 is 0.500 bits per heavy atom. The SMILES string of the molecule is c1ccc(-c2cc(-c3ccc(-c4ccc(-c5nc6ccccc6c6oc7c8ccccc8n(-c8ccccc8)c7c56)cc4)cc3)nc(-c3ccccc3)n2)cc1.c1ccc(-c2nc(-c3ccccc3)nc(-c3ccc(-c4cccc(-c5nc6ccccc6c6oc7c8ccccc8n(-c8ccccc8)c7c56)c4)cc3)n2)cc1. The first kappa shape index (κ1) is 65.0. The second kappa shape index (κ2) is 27.5. The third-order valence-electron chi connectivity index (χ3n) is 21.1. The van der Waals surface area contributed by atoms with Crippen LogP contribution in [0.3, 0.4) is 0 Å². The molecule has 0 saturated carbocycles. The van der Waals surface area contributed by atoms with Crippen molar-refractivity contribution >= 4 is 87.7 Å². The van der Waals surface area contributed by atoms with Crippen LogP contribution in [-0.2, 0) is 0 Å². The summed E-state index contributed by atoms with van der Waals surface area (Å²) >= 11 is 0. The standard InChI is InChI=1S/C51H32N4O.C50H31N5O/c1-4-14-35(15-5-1)43-32-44(54-51(53-43)38-16-6-2-7-17-38)36-28-24-33(25-29-36)34-26-30-37(31-27-34)47-46-48-50(56-49(46)40-20-10-12-22-42(40)52-47)41-21-11-13-23-45(41)55(48)39-18-8-3-9-19-39;1-4-15-33(16-5-1)48-52-49(34-17-6-2-7-18-34)54-50(53-48)35-29-27-32(28-30-35)36-19-14-20-37(31-36)44-43-45-47(56-46(43)39-23-10-12-25-41(39)51-44)40-24-11-13-26-42(40)55(45)38-21-8-3-9-22-38/h1-32H;1-31H. The predicted octanol–water partition coefficient (Wildman–Crippen LogP) is 25.8. The summed E-state index contributed by atoms with van der Waals surface area (Å²) in [5.74, 6) is 2.61. The highest BCUT2D eigenvalue weighted by Gasteiger charge is 2.28. The molecule has 8 aromatic heterocycles. The van der Waals surface area contributed by atoms with Gasteiger partial charge in [0, 0.05) is 77.4 Å². The number of hydrogen-bond donors (Lipinski definition) is 0. The van der Waals surface area contributed by atoms with Gasteiger partial charge < -0.3 is 18.0 Å². The molecule has 11 heteroatoms. The van der Waals surface area contributed by atoms with Crippen LogP contribution in [0, 0.1) is 0 Å². The highest BCUT2D eigenvalue weighted by Crippen LogP contribution is 2.48. The minimum Gasteiger partial charge on any atom is -0.453 e. The maximum Gasteiger partial charge on any atom is 0.164 e. The molecule has 0 bridgehead atoms. The largest absolute Gasteiger partial charge is 0.453 e. The number of para-hydroxylation sites is 6. The molecule has 8 heterocycles. The molecular formula is C101H63N9O2. The minimum atomic E-state index is 0.624. The van der Waals surface area contributed by atoms with Crippen LogP contribution >= 0.6 is 0 Å². The third kappa shape index (κ3) is 11.5. The number of benzene rings is 14. The van der Waals surface area contributed by atoms with Crippen molar-refractivity contribution in [2.45, 2.75) is 0 Å². The van der Waals surface area contributed by atoms with Gasteiger partial charge in [-0.05, 0) is 107 Å². The molecule has 0 radical (unpaired) electrons. The van der Waals surface area contributed by atoms with Crippen LogP contribution < -0.4 is 0 Å². The summed E-state index contributed by atoms with van der Waals surface area (Å²) in [5, 5.41) is 6.12. The molecule has 0 saturated heterocycles. The Kier molecular flexibility index (Phi) is 15.9. The molecule has 0 spiro atoms. The Hall–Kier alpha value is -15.3. The molecule has 112 heavy (non-hydrogen) atoms. The first-order valence-electron chi connectivity index (χ1n) is 37.4. The van der Waals surface area contributed by atoms with Crippen LogP contribution in [-0.4, -0.2) is 44.0 Å². The number of fused-ring (bicyclic) bond motifs is 14. The van der Waals surface area contributed by atoms with Gasteiger partial charge >= 0.3 is 0 Å². The Morgan fingerprint density at radius 1 is 0.196 bits per heavy atom. The van der Waals surface area contributed by atoms with E-state index in [9.17, 15) is 0 Å². The van der Waals surface area contributed by atoms with Gasteiger partial charge in [-0.1, -0.05) is 297 Å². The quantitative estimate of drug-likeness (QED) is 0.117. The van der Waals surface area contributed by atoms with E-state index in [4.69, 9.17) is 43.7 Å². The molecule has 14 aromatic carbocycles. The fraction of sp³-hybridized carbons (Fsp3) is 0. The van der Waals surface area contributed by atoms with E-state index >= 15 is 0 Å². The lowest BCUT2D eigenvalue weighted by Gasteiger charge is -2.11. The van der Waals surface area contributed by atoms with E-state index in [1.54, 1.807) is 0 Å². The van der Waals surface area contributed by atoms with E-state index in [0.29, 0.717) is 23.3 Å². The van der Waals surface area contributed by atoms with Crippen molar-refractivity contribution in [1.29, 1.82) is 0 Å². The number of nitrogens with zero attached hydrogens (tertiary/aromatic N) is 9. The molecule has 22 aromatic rings. The maximum atomic E-state index is 6.91. The van der Waals surface area contributed by atoms with Crippen LogP contribution in [0.2, 0.25) is 0 Å². The van der Waals surface area contributed by atoms with Gasteiger partial charge in [0.25, 0.3) is 0 Å². The molecule has 524 valence electrons. The van der Waals surface area contributed by atoms with Gasteiger partial charge in [-0.25, -0.2) is 34.9 Å². The third-order valence-corrected chi connectivity index (χ3v) is 21.1. The normalized spacial score (nSPS) is 11.6. The first-order valence-corrected chi connectivity index (χ1v) is 37.4. The van der Waals surface area contributed by atoms with Crippen molar-refractivity contribution in [3.63, 3.8) is 0 Å². The summed E-state index contributed by atoms with van der Waals surface area (Å²) in [4.78, 5) is 35.4. The highest BCUT2D eigenvalue weighted by molar-refractivity contribution is 6.26. The van der Waals surface area contributed by atoms with Crippen molar-refractivity contribution in [3.05, 3.63) is 382 Å². The number of rotatable bonds is 12. The molecule has 11 nitrogen and oxygen atoms in total. The van der Waals surface area contributed by atoms with E-state index in [1.165, 1.54) is 0 Å². The van der Waals surface area contributed by atoms with Crippen molar-refractivity contribution in [2.75, 3.05) is 0 Å². The van der Waals surface area contributed by atoms with Crippen LogP contribution in [0.5, 0.6) is 0 Å². The Bertz CT molecular complexity index is 7200. The molecule has 0 amide bonds. The molecule has 0 unspecified atom stereocenters. The van der Waals surface area contributed by atoms with Gasteiger partial charge in [-0.2, -0.15) is 0 Å². The monoisotopic (exact) mass is 1430 g/mol. The summed E-state index contributed by atoms with van der Waals surface area (Å²) in [6.45, 7) is 0. The Balaban J connectivity index is 0.000000141. The topological polar surface area (TPSA) is 126 Å². The molecule has 0 aliphatic carbocycles. The maximum absolute atomic E-state index is 6.91. The molecule has 0 aliphatic rings. The first-order chi connectivity index (χ1) is 55.5. The highest BCUT2D eigenvalue weighted by atomic mass is 16.3. The van der Waals surface area contributed by atoms with Crippen molar-refractivity contribution in [1.82, 2.24) is 44.0 Å². The lowest BCUT2D eigenvalue weighted by atomic mass is 9.98. The summed E-state index contributed by atoms with van der Waals surface area (Å²) in [7, 11) is 0. The Labute approximate surface area is 643 Å². The predicted molar refractivity (Wildman–Crippen MR) is 455 cm³/mol. The molecule has 0 atom stereocenters. The lowest BCUT2D eigenvalue weighted by Crippen LogP contribution is -2.00. The lowest BCUT2D eigenvalue weighted by molar-refractivity contribution is 0.676. The zero-order chi connectivity index (χ0) is 74.0. The summed E-state index contributed by atoms with van der Waals surface area (Å²) in [6, 6.07) is 131. The van der Waals surface area contributed by atoms with Gasteiger partial charge in [0.05, 0.1) is 55.6 Å². The van der Waals surface area contributed by atoms with Crippen molar-refractivity contribution in [3.8, 4) is 124 Å². The Morgan fingerprint density at radius 3 is 0.946 bits per heavy atom. The second-order valence-corrected chi connectivity index (χ2v) is 27.8. The average Bonchev–Trinajstić information content (AvgIpc) is 1.55. The van der Waals surface area contributed by atoms with E-state index < -0.39 is 0 Å². The van der Waals surface area contributed by atoms with Gasteiger partial charge in [0.2, 0.25) is 0 Å². The fourth-order valence-corrected chi connectivity index (χ4v) is 15.7. The number of pyridine rings is 2. The minimum absolute atomic E-state index is 0.624. The second-order valence-electron chi connectivity index (χ2n) is 27.8. The number of hydrogen-bond acceptors (Lipinski definition) is 9. The summed E-state index contributed by atoms with van der Waals surface area (Å²) in [6.07, 6.45) is 0. The summed E-state index contributed by atoms with van der Waals surface area (Å²) in [5.41, 5.74) is 27.4. The number of furan rings is 2. The van der Waals surface area contributed by atoms with E-state index in [1.807, 2.05) is 121 Å². The van der Waals surface area contributed by atoms with Crippen LogP contribution in [0.4, 0.5) is 0 Å². The van der Waals surface area contributed by atoms with Crippen LogP contribution in [0.15, 0.2) is 391 Å². The molecule has 0 aliphatic heterocycles. The molecule has 0 N–H and O–H groups in total. The van der Waals surface area contributed by atoms with E-state index in [-0.39, 0.29) is 0 Å². The molecule has 0 fully saturated rings. The fourth-order valence-electron chi connectivity index (χ4n) is 15.7. The molecule has 22 rings (SSSR count). The van der Waals surface area contributed by atoms with Crippen molar-refractivity contribution < 1.29 is 8.83 Å². The van der Waals surface area contributed by atoms with Crippen molar-refractivity contribution in [2.24, 2.45) is 0 Å². The number of aromatic nitrogens is 9. The zero-order valence-electron chi connectivity index (χ0n) is 60.2. The van der Waals surface area contributed by atoms with Gasteiger partial charge in [0.15, 0.2) is 34.5 Å². The van der Waals surface area contributed by atoms with E-state index in [0.717, 1.165) is 189 Å². The average molecular weight is 1430 g/mol. The summed E-state index contributed by atoms with van der Waals surface area (Å²) < 4.78 is 18.4. The van der Waals surface area contributed by atoms with Crippen LogP contribution in [0.1, 0.15) is 0 Å². The van der Waals surface area contributed by atoms with E-state index in [2.05, 4.69) is 270 Å². The van der Waals surface area contributed by atoms with Gasteiger partial charge in [-0.3, -0.25) is 0 Å². The smallest absolute Gasteiger partial charge is 0.164 e. The van der Waals surface area contributed by atoms with Gasteiger partial charge in [-0.15, -0.1) is 0 Å².